The van der Waals surface area contributed by atoms with Gasteiger partial charge in [0, 0.05) is 6.42 Å². The predicted molar refractivity (Wildman–Crippen MR) is 68.9 cm³/mol. The molecule has 1 aromatic carbocycles. The molecule has 4 nitrogen and oxygen atoms in total. The van der Waals surface area contributed by atoms with Gasteiger partial charge in [-0.1, -0.05) is 12.1 Å². The Balaban J connectivity index is 2.10. The van der Waals surface area contributed by atoms with Gasteiger partial charge in [-0.05, 0) is 44.0 Å². The first-order valence-corrected chi connectivity index (χ1v) is 6.36. The molecule has 1 aliphatic rings. The number of carbonyl (C=O) groups is 1. The van der Waals surface area contributed by atoms with Crippen molar-refractivity contribution in [1.29, 1.82) is 0 Å². The molecular weight excluding hydrogens is 230 g/mol. The number of aliphatic carboxylic acids is 1. The van der Waals surface area contributed by atoms with Crippen LogP contribution in [0.5, 0.6) is 5.75 Å². The zero-order valence-corrected chi connectivity index (χ0v) is 10.6. The van der Waals surface area contributed by atoms with Crippen molar-refractivity contribution in [2.45, 2.75) is 31.7 Å². The van der Waals surface area contributed by atoms with E-state index < -0.39 is 11.5 Å². The Morgan fingerprint density at radius 1 is 1.44 bits per heavy atom. The lowest BCUT2D eigenvalue weighted by Crippen LogP contribution is -2.49. The molecule has 0 aliphatic carbocycles. The number of rotatable bonds is 5. The highest BCUT2D eigenvalue weighted by Crippen LogP contribution is 2.25. The molecule has 0 radical (unpaired) electrons. The second kappa shape index (κ2) is 5.40. The van der Waals surface area contributed by atoms with Crippen LogP contribution in [0, 0.1) is 0 Å². The molecule has 2 N–H and O–H groups in total. The van der Waals surface area contributed by atoms with Gasteiger partial charge in [0.05, 0.1) is 6.61 Å². The Morgan fingerprint density at radius 2 is 2.17 bits per heavy atom. The molecule has 18 heavy (non-hydrogen) atoms. The summed E-state index contributed by atoms with van der Waals surface area (Å²) in [5.41, 5.74) is 0.239. The number of hydrogen-bond acceptors (Lipinski definition) is 3. The molecule has 4 heteroatoms. The largest absolute Gasteiger partial charge is 0.494 e. The molecule has 98 valence electrons. The van der Waals surface area contributed by atoms with Crippen molar-refractivity contribution in [2.75, 3.05) is 13.2 Å². The molecule has 1 saturated heterocycles. The van der Waals surface area contributed by atoms with Crippen molar-refractivity contribution in [1.82, 2.24) is 5.32 Å². The van der Waals surface area contributed by atoms with E-state index in [9.17, 15) is 9.90 Å². The highest BCUT2D eigenvalue weighted by molar-refractivity contribution is 5.79. The molecule has 0 saturated carbocycles. The van der Waals surface area contributed by atoms with Crippen LogP contribution in [0.4, 0.5) is 0 Å². The molecule has 1 aromatic rings. The van der Waals surface area contributed by atoms with E-state index in [1.54, 1.807) is 0 Å². The van der Waals surface area contributed by atoms with Gasteiger partial charge < -0.3 is 15.2 Å². The van der Waals surface area contributed by atoms with Crippen molar-refractivity contribution >= 4 is 5.97 Å². The average molecular weight is 249 g/mol. The molecule has 0 spiro atoms. The SMILES string of the molecule is CCOc1ccc(C[C@]2(C(=O)O)CCCN2)cc1. The molecule has 1 fully saturated rings. The molecule has 0 amide bonds. The van der Waals surface area contributed by atoms with Gasteiger partial charge in [0.25, 0.3) is 0 Å². The van der Waals surface area contributed by atoms with E-state index in [0.717, 1.165) is 24.3 Å². The molecule has 2 rings (SSSR count). The molecule has 0 bridgehead atoms. The minimum atomic E-state index is -0.785. The van der Waals surface area contributed by atoms with Gasteiger partial charge in [0.15, 0.2) is 0 Å². The van der Waals surface area contributed by atoms with Crippen LogP contribution < -0.4 is 10.1 Å². The second-order valence-corrected chi connectivity index (χ2v) is 4.67. The molecule has 0 aromatic heterocycles. The van der Waals surface area contributed by atoms with E-state index in [1.165, 1.54) is 0 Å². The first-order chi connectivity index (χ1) is 8.66. The lowest BCUT2D eigenvalue weighted by atomic mass is 9.89. The summed E-state index contributed by atoms with van der Waals surface area (Å²) in [6, 6.07) is 7.66. The second-order valence-electron chi connectivity index (χ2n) is 4.67. The van der Waals surface area contributed by atoms with Crippen LogP contribution in [-0.2, 0) is 11.2 Å². The van der Waals surface area contributed by atoms with Crippen molar-refractivity contribution in [3.8, 4) is 5.75 Å². The summed E-state index contributed by atoms with van der Waals surface area (Å²) in [4.78, 5) is 11.4. The smallest absolute Gasteiger partial charge is 0.324 e. The number of carboxylic acid groups (broad SMARTS) is 1. The number of ether oxygens (including phenoxy) is 1. The molecule has 1 atom stereocenters. The fourth-order valence-electron chi connectivity index (χ4n) is 2.43. The van der Waals surface area contributed by atoms with Gasteiger partial charge in [-0.2, -0.15) is 0 Å². The fraction of sp³-hybridized carbons (Fsp3) is 0.500. The minimum Gasteiger partial charge on any atom is -0.494 e. The molecule has 1 heterocycles. The highest BCUT2D eigenvalue weighted by atomic mass is 16.5. The number of hydrogen-bond donors (Lipinski definition) is 2. The summed E-state index contributed by atoms with van der Waals surface area (Å²) in [6.45, 7) is 3.36. The maximum atomic E-state index is 11.4. The van der Waals surface area contributed by atoms with E-state index in [2.05, 4.69) is 5.32 Å². The summed E-state index contributed by atoms with van der Waals surface area (Å²) in [6.07, 6.45) is 2.13. The Kier molecular flexibility index (Phi) is 3.87. The minimum absolute atomic E-state index is 0.523. The summed E-state index contributed by atoms with van der Waals surface area (Å²) in [5, 5.41) is 12.5. The van der Waals surface area contributed by atoms with Gasteiger partial charge in [-0.15, -0.1) is 0 Å². The maximum Gasteiger partial charge on any atom is 0.324 e. The quantitative estimate of drug-likeness (QED) is 0.836. The van der Waals surface area contributed by atoms with Crippen LogP contribution in [0.2, 0.25) is 0 Å². The van der Waals surface area contributed by atoms with Crippen LogP contribution >= 0.6 is 0 Å². The lowest BCUT2D eigenvalue weighted by molar-refractivity contribution is -0.144. The van der Waals surface area contributed by atoms with Crippen LogP contribution in [0.3, 0.4) is 0 Å². The Labute approximate surface area is 107 Å². The van der Waals surface area contributed by atoms with Crippen molar-refractivity contribution in [2.24, 2.45) is 0 Å². The molecule has 1 aliphatic heterocycles. The zero-order chi connectivity index (χ0) is 13.0. The third kappa shape index (κ3) is 2.64. The van der Waals surface area contributed by atoms with Crippen molar-refractivity contribution in [3.05, 3.63) is 29.8 Å². The van der Waals surface area contributed by atoms with Crippen molar-refractivity contribution < 1.29 is 14.6 Å². The number of nitrogens with one attached hydrogen (secondary N) is 1. The van der Waals surface area contributed by atoms with Crippen LogP contribution in [-0.4, -0.2) is 29.8 Å². The molecule has 0 unspecified atom stereocenters. The maximum absolute atomic E-state index is 11.4. The average Bonchev–Trinajstić information content (AvgIpc) is 2.82. The summed E-state index contributed by atoms with van der Waals surface area (Å²) in [7, 11) is 0. The summed E-state index contributed by atoms with van der Waals surface area (Å²) >= 11 is 0. The Bertz CT molecular complexity index is 408. The standard InChI is InChI=1S/C14H19NO3/c1-2-18-12-6-4-11(5-7-12)10-14(13(16)17)8-3-9-15-14/h4-7,15H,2-3,8-10H2,1H3,(H,16,17)/t14-/m0/s1. The lowest BCUT2D eigenvalue weighted by Gasteiger charge is -2.24. The number of carboxylic acids is 1. The fourth-order valence-corrected chi connectivity index (χ4v) is 2.43. The van der Waals surface area contributed by atoms with E-state index >= 15 is 0 Å². The zero-order valence-electron chi connectivity index (χ0n) is 10.6. The van der Waals surface area contributed by atoms with Gasteiger partial charge in [-0.3, -0.25) is 4.79 Å². The highest BCUT2D eigenvalue weighted by Gasteiger charge is 2.40. The third-order valence-electron chi connectivity index (χ3n) is 3.39. The monoisotopic (exact) mass is 249 g/mol. The Hall–Kier alpha value is -1.55. The van der Waals surface area contributed by atoms with E-state index in [4.69, 9.17) is 4.74 Å². The van der Waals surface area contributed by atoms with E-state index in [1.807, 2.05) is 31.2 Å². The normalized spacial score (nSPS) is 22.9. The predicted octanol–water partition coefficient (Wildman–Crippen LogP) is 1.83. The van der Waals surface area contributed by atoms with Gasteiger partial charge in [0.1, 0.15) is 11.3 Å². The number of benzene rings is 1. The first-order valence-electron chi connectivity index (χ1n) is 6.36. The summed E-state index contributed by atoms with van der Waals surface area (Å²) in [5.74, 6) is 0.0684. The van der Waals surface area contributed by atoms with Crippen LogP contribution in [0.25, 0.3) is 0 Å². The van der Waals surface area contributed by atoms with E-state index in [-0.39, 0.29) is 0 Å². The first kappa shape index (κ1) is 12.9. The van der Waals surface area contributed by atoms with E-state index in [0.29, 0.717) is 19.4 Å². The topological polar surface area (TPSA) is 58.6 Å². The van der Waals surface area contributed by atoms with Gasteiger partial charge in [-0.25, -0.2) is 0 Å². The molecular formula is C14H19NO3. The van der Waals surface area contributed by atoms with Crippen molar-refractivity contribution in [3.63, 3.8) is 0 Å². The Morgan fingerprint density at radius 3 is 2.67 bits per heavy atom. The van der Waals surface area contributed by atoms with Crippen LogP contribution in [0.15, 0.2) is 24.3 Å². The summed E-state index contributed by atoms with van der Waals surface area (Å²) < 4.78 is 5.37. The van der Waals surface area contributed by atoms with Gasteiger partial charge in [0.2, 0.25) is 0 Å². The third-order valence-corrected chi connectivity index (χ3v) is 3.39. The van der Waals surface area contributed by atoms with Crippen LogP contribution in [0.1, 0.15) is 25.3 Å². The van der Waals surface area contributed by atoms with Gasteiger partial charge >= 0.3 is 5.97 Å².